The van der Waals surface area contributed by atoms with Crippen molar-refractivity contribution in [3.8, 4) is 11.4 Å². The Morgan fingerprint density at radius 1 is 1.07 bits per heavy atom. The molecule has 0 radical (unpaired) electrons. The summed E-state index contributed by atoms with van der Waals surface area (Å²) in [4.78, 5) is 17.1. The lowest BCUT2D eigenvalue weighted by molar-refractivity contribution is 0.306. The van der Waals surface area contributed by atoms with Gasteiger partial charge in [-0.25, -0.2) is 9.67 Å². The van der Waals surface area contributed by atoms with Crippen LogP contribution >= 0.6 is 0 Å². The van der Waals surface area contributed by atoms with Crippen LogP contribution in [0.1, 0.15) is 31.7 Å². The molecule has 2 aromatic heterocycles. The summed E-state index contributed by atoms with van der Waals surface area (Å²) in [6, 6.07) is 17.2. The minimum absolute atomic E-state index is 0.269. The molecule has 0 spiro atoms. The molecule has 0 aliphatic carbocycles. The molecule has 0 bridgehead atoms. The number of benzene rings is 2. The van der Waals surface area contributed by atoms with Crippen molar-refractivity contribution in [1.29, 1.82) is 0 Å². The molecule has 2 heterocycles. The van der Waals surface area contributed by atoms with E-state index < -0.39 is 0 Å². The molecular weight excluding hydrogens is 378 g/mol. The van der Waals surface area contributed by atoms with Crippen molar-refractivity contribution in [2.45, 2.75) is 26.2 Å². The van der Waals surface area contributed by atoms with Crippen LogP contribution < -0.4 is 10.3 Å². The third kappa shape index (κ3) is 4.30. The SMILES string of the molecule is CCCCCOc1ccc(/C=N\n2cnc3c(cnn3-c3ccccc3)c2=O)cc1. The molecular formula is C23H23N5O2. The second-order valence-corrected chi connectivity index (χ2v) is 6.89. The Labute approximate surface area is 174 Å². The average molecular weight is 401 g/mol. The molecule has 7 heteroatoms. The lowest BCUT2D eigenvalue weighted by Gasteiger charge is -2.05. The fraction of sp³-hybridized carbons (Fsp3) is 0.217. The van der Waals surface area contributed by atoms with Crippen LogP contribution in [-0.4, -0.2) is 32.3 Å². The Hall–Kier alpha value is -3.74. The van der Waals surface area contributed by atoms with Gasteiger partial charge < -0.3 is 4.74 Å². The molecule has 0 N–H and O–H groups in total. The number of nitrogens with zero attached hydrogens (tertiary/aromatic N) is 5. The predicted molar refractivity (Wildman–Crippen MR) is 118 cm³/mol. The summed E-state index contributed by atoms with van der Waals surface area (Å²) in [5, 5.41) is 8.98. The quantitative estimate of drug-likeness (QED) is 0.330. The highest BCUT2D eigenvalue weighted by atomic mass is 16.5. The van der Waals surface area contributed by atoms with Crippen LogP contribution in [-0.2, 0) is 0 Å². The lowest BCUT2D eigenvalue weighted by Crippen LogP contribution is -2.17. The number of hydrogen-bond donors (Lipinski definition) is 0. The van der Waals surface area contributed by atoms with E-state index in [1.165, 1.54) is 30.0 Å². The molecule has 2 aromatic carbocycles. The van der Waals surface area contributed by atoms with Gasteiger partial charge in [-0.15, -0.1) is 0 Å². The molecule has 0 saturated heterocycles. The van der Waals surface area contributed by atoms with Crippen LogP contribution in [0.15, 0.2) is 77.0 Å². The van der Waals surface area contributed by atoms with Gasteiger partial charge in [-0.1, -0.05) is 38.0 Å². The second-order valence-electron chi connectivity index (χ2n) is 6.89. The molecule has 4 aromatic rings. The summed E-state index contributed by atoms with van der Waals surface area (Å²) in [5.74, 6) is 0.830. The van der Waals surface area contributed by atoms with Gasteiger partial charge in [-0.2, -0.15) is 14.9 Å². The maximum absolute atomic E-state index is 12.8. The summed E-state index contributed by atoms with van der Waals surface area (Å²) >= 11 is 0. The normalized spacial score (nSPS) is 11.4. The zero-order chi connectivity index (χ0) is 20.8. The van der Waals surface area contributed by atoms with Crippen molar-refractivity contribution in [3.63, 3.8) is 0 Å². The van der Waals surface area contributed by atoms with E-state index in [0.717, 1.165) is 30.0 Å². The topological polar surface area (TPSA) is 74.3 Å². The smallest absolute Gasteiger partial charge is 0.285 e. The van der Waals surface area contributed by atoms with E-state index >= 15 is 0 Å². The lowest BCUT2D eigenvalue weighted by atomic mass is 10.2. The second kappa shape index (κ2) is 9.17. The monoisotopic (exact) mass is 401 g/mol. The van der Waals surface area contributed by atoms with Crippen LogP contribution in [0.2, 0.25) is 0 Å². The van der Waals surface area contributed by atoms with Crippen molar-refractivity contribution >= 4 is 17.2 Å². The summed E-state index contributed by atoms with van der Waals surface area (Å²) in [7, 11) is 0. The van der Waals surface area contributed by atoms with Gasteiger partial charge in [-0.05, 0) is 48.4 Å². The van der Waals surface area contributed by atoms with Gasteiger partial charge in [0.05, 0.1) is 24.7 Å². The van der Waals surface area contributed by atoms with Gasteiger partial charge in [0.2, 0.25) is 0 Å². The average Bonchev–Trinajstić information content (AvgIpc) is 3.23. The van der Waals surface area contributed by atoms with E-state index in [1.807, 2.05) is 54.6 Å². The van der Waals surface area contributed by atoms with Gasteiger partial charge in [0.15, 0.2) is 5.65 Å². The van der Waals surface area contributed by atoms with Crippen LogP contribution in [0.5, 0.6) is 5.75 Å². The number of unbranched alkanes of at least 4 members (excludes halogenated alkanes) is 2. The zero-order valence-electron chi connectivity index (χ0n) is 16.8. The Balaban J connectivity index is 1.51. The minimum Gasteiger partial charge on any atom is -0.494 e. The number of fused-ring (bicyclic) bond motifs is 1. The van der Waals surface area contributed by atoms with Crippen molar-refractivity contribution in [1.82, 2.24) is 19.4 Å². The molecule has 0 amide bonds. The van der Waals surface area contributed by atoms with Gasteiger partial charge >= 0.3 is 0 Å². The highest BCUT2D eigenvalue weighted by Gasteiger charge is 2.10. The van der Waals surface area contributed by atoms with Crippen LogP contribution in [0.4, 0.5) is 0 Å². The van der Waals surface area contributed by atoms with E-state index in [-0.39, 0.29) is 5.56 Å². The third-order valence-corrected chi connectivity index (χ3v) is 4.70. The highest BCUT2D eigenvalue weighted by molar-refractivity contribution is 5.80. The molecule has 152 valence electrons. The summed E-state index contributed by atoms with van der Waals surface area (Å²) < 4.78 is 8.57. The number of aromatic nitrogens is 4. The van der Waals surface area contributed by atoms with Crippen molar-refractivity contribution in [2.75, 3.05) is 6.61 Å². The molecule has 0 aliphatic rings. The molecule has 0 fully saturated rings. The van der Waals surface area contributed by atoms with Crippen LogP contribution in [0.3, 0.4) is 0 Å². The van der Waals surface area contributed by atoms with E-state index in [2.05, 4.69) is 22.1 Å². The predicted octanol–water partition coefficient (Wildman–Crippen LogP) is 4.03. The zero-order valence-corrected chi connectivity index (χ0v) is 16.8. The first-order valence-corrected chi connectivity index (χ1v) is 10.0. The number of hydrogen-bond acceptors (Lipinski definition) is 5. The highest BCUT2D eigenvalue weighted by Crippen LogP contribution is 2.14. The molecule has 0 atom stereocenters. The minimum atomic E-state index is -0.269. The first kappa shape index (κ1) is 19.6. The molecule has 4 rings (SSSR count). The molecule has 0 unspecified atom stereocenters. The van der Waals surface area contributed by atoms with E-state index in [9.17, 15) is 4.79 Å². The standard InChI is InChI=1S/C23H23N5O2/c1-2-3-7-14-30-20-12-10-18(11-13-20)15-25-27-17-24-22-21(23(27)29)16-26-28(22)19-8-5-4-6-9-19/h4-6,8-13,15-17H,2-3,7,14H2,1H3/b25-15-. The summed E-state index contributed by atoms with van der Waals surface area (Å²) in [6.07, 6.45) is 7.95. The van der Waals surface area contributed by atoms with Gasteiger partial charge in [0, 0.05) is 0 Å². The van der Waals surface area contributed by atoms with E-state index in [1.54, 1.807) is 10.9 Å². The van der Waals surface area contributed by atoms with Gasteiger partial charge in [0.25, 0.3) is 5.56 Å². The Morgan fingerprint density at radius 3 is 2.63 bits per heavy atom. The number of ether oxygens (including phenoxy) is 1. The van der Waals surface area contributed by atoms with Gasteiger partial charge in [0.1, 0.15) is 17.5 Å². The fourth-order valence-electron chi connectivity index (χ4n) is 3.06. The maximum atomic E-state index is 12.8. The van der Waals surface area contributed by atoms with E-state index in [0.29, 0.717) is 11.0 Å². The molecule has 0 saturated carbocycles. The molecule has 7 nitrogen and oxygen atoms in total. The first-order chi connectivity index (χ1) is 14.8. The summed E-state index contributed by atoms with van der Waals surface area (Å²) in [5.41, 5.74) is 1.94. The number of para-hydroxylation sites is 1. The first-order valence-electron chi connectivity index (χ1n) is 10.0. The Bertz CT molecular complexity index is 1190. The Kier molecular flexibility index (Phi) is 5.98. The van der Waals surface area contributed by atoms with Crippen molar-refractivity contribution in [3.05, 3.63) is 83.0 Å². The third-order valence-electron chi connectivity index (χ3n) is 4.70. The van der Waals surface area contributed by atoms with Crippen LogP contribution in [0.25, 0.3) is 16.7 Å². The van der Waals surface area contributed by atoms with Gasteiger partial charge in [-0.3, -0.25) is 4.79 Å². The largest absolute Gasteiger partial charge is 0.494 e. The fourth-order valence-corrected chi connectivity index (χ4v) is 3.06. The number of rotatable bonds is 8. The molecule has 0 aliphatic heterocycles. The van der Waals surface area contributed by atoms with E-state index in [4.69, 9.17) is 4.74 Å². The Morgan fingerprint density at radius 2 is 1.87 bits per heavy atom. The summed E-state index contributed by atoms with van der Waals surface area (Å²) in [6.45, 7) is 2.89. The van der Waals surface area contributed by atoms with Crippen molar-refractivity contribution in [2.24, 2.45) is 5.10 Å². The molecule has 30 heavy (non-hydrogen) atoms. The van der Waals surface area contributed by atoms with Crippen LogP contribution in [0, 0.1) is 0 Å². The maximum Gasteiger partial charge on any atom is 0.285 e. The van der Waals surface area contributed by atoms with Crippen molar-refractivity contribution < 1.29 is 4.74 Å².